The second kappa shape index (κ2) is 9.73. The van der Waals surface area contributed by atoms with Gasteiger partial charge in [0, 0.05) is 23.6 Å². The van der Waals surface area contributed by atoms with Crippen molar-refractivity contribution in [3.63, 3.8) is 0 Å². The molecular formula is C20H22ClN3O2. The topological polar surface area (TPSA) is 70.6 Å². The van der Waals surface area contributed by atoms with Crippen LogP contribution >= 0.6 is 11.6 Å². The Hall–Kier alpha value is -2.66. The molecule has 0 aliphatic carbocycles. The number of nitrogens with one attached hydrogen (secondary N) is 2. The number of carbonyl (C=O) groups is 2. The fourth-order valence-electron chi connectivity index (χ4n) is 2.35. The van der Waals surface area contributed by atoms with Crippen molar-refractivity contribution in [2.45, 2.75) is 33.1 Å². The van der Waals surface area contributed by atoms with Crippen LogP contribution < -0.4 is 10.7 Å². The summed E-state index contributed by atoms with van der Waals surface area (Å²) >= 11 is 6.03. The summed E-state index contributed by atoms with van der Waals surface area (Å²) in [6, 6.07) is 14.9. The zero-order chi connectivity index (χ0) is 18.9. The first kappa shape index (κ1) is 19.7. The van der Waals surface area contributed by atoms with E-state index < -0.39 is 0 Å². The molecule has 2 aromatic carbocycles. The van der Waals surface area contributed by atoms with Crippen molar-refractivity contribution in [3.05, 3.63) is 64.7 Å². The van der Waals surface area contributed by atoms with Gasteiger partial charge in [0.2, 0.25) is 11.8 Å². The molecule has 0 fully saturated rings. The molecule has 2 N–H and O–H groups in total. The predicted octanol–water partition coefficient (Wildman–Crippen LogP) is 4.30. The van der Waals surface area contributed by atoms with Crippen LogP contribution in [0.15, 0.2) is 53.6 Å². The highest BCUT2D eigenvalue weighted by atomic mass is 35.5. The average Bonchev–Trinajstić information content (AvgIpc) is 2.65. The van der Waals surface area contributed by atoms with Crippen molar-refractivity contribution in [1.82, 2.24) is 5.43 Å². The van der Waals surface area contributed by atoms with Crippen molar-refractivity contribution in [2.75, 3.05) is 5.32 Å². The van der Waals surface area contributed by atoms with Crippen LogP contribution in [0.2, 0.25) is 5.02 Å². The van der Waals surface area contributed by atoms with Crippen LogP contribution in [-0.4, -0.2) is 17.5 Å². The van der Waals surface area contributed by atoms with Crippen LogP contribution in [0.25, 0.3) is 0 Å². The summed E-state index contributed by atoms with van der Waals surface area (Å²) in [5, 5.41) is 7.52. The third-order valence-electron chi connectivity index (χ3n) is 3.88. The van der Waals surface area contributed by atoms with E-state index in [9.17, 15) is 9.59 Å². The van der Waals surface area contributed by atoms with E-state index in [0.29, 0.717) is 17.1 Å². The lowest BCUT2D eigenvalue weighted by Crippen LogP contribution is -2.22. The number of anilines is 1. The monoisotopic (exact) mass is 371 g/mol. The van der Waals surface area contributed by atoms with Crippen molar-refractivity contribution < 1.29 is 9.59 Å². The van der Waals surface area contributed by atoms with Crippen molar-refractivity contribution in [1.29, 1.82) is 0 Å². The van der Waals surface area contributed by atoms with Gasteiger partial charge in [-0.25, -0.2) is 5.43 Å². The van der Waals surface area contributed by atoms with Crippen LogP contribution in [0.4, 0.5) is 5.69 Å². The summed E-state index contributed by atoms with van der Waals surface area (Å²) < 4.78 is 0. The molecule has 0 heterocycles. The summed E-state index contributed by atoms with van der Waals surface area (Å²) in [5.74, 6) is -0.543. The Balaban J connectivity index is 1.85. The molecule has 5 nitrogen and oxygen atoms in total. The Kier molecular flexibility index (Phi) is 7.36. The van der Waals surface area contributed by atoms with Gasteiger partial charge >= 0.3 is 0 Å². The van der Waals surface area contributed by atoms with E-state index >= 15 is 0 Å². The van der Waals surface area contributed by atoms with E-state index in [2.05, 4.69) is 15.8 Å². The standard InChI is InChI=1S/C20H22ClN3O2/c1-3-17(15-8-5-4-6-9-15)23-24-20(26)13-12-19(25)22-18-11-7-10-16(21)14(18)2/h4-11H,3,12-13H2,1-2H3,(H,22,25)(H,24,26)/b23-17+. The fourth-order valence-corrected chi connectivity index (χ4v) is 2.52. The molecule has 0 spiro atoms. The van der Waals surface area contributed by atoms with Crippen molar-refractivity contribution in [3.8, 4) is 0 Å². The van der Waals surface area contributed by atoms with Gasteiger partial charge in [-0.3, -0.25) is 9.59 Å². The first-order chi connectivity index (χ1) is 12.5. The van der Waals surface area contributed by atoms with Gasteiger partial charge in [0.05, 0.1) is 5.71 Å². The highest BCUT2D eigenvalue weighted by Crippen LogP contribution is 2.23. The zero-order valence-electron chi connectivity index (χ0n) is 14.9. The smallest absolute Gasteiger partial charge is 0.240 e. The predicted molar refractivity (Wildman–Crippen MR) is 105 cm³/mol. The minimum absolute atomic E-state index is 0.0563. The first-order valence-corrected chi connectivity index (χ1v) is 8.84. The van der Waals surface area contributed by atoms with Crippen LogP contribution in [0.5, 0.6) is 0 Å². The van der Waals surface area contributed by atoms with E-state index in [-0.39, 0.29) is 24.7 Å². The molecule has 6 heteroatoms. The number of carbonyl (C=O) groups excluding carboxylic acids is 2. The molecule has 0 atom stereocenters. The molecule has 0 aromatic heterocycles. The minimum Gasteiger partial charge on any atom is -0.326 e. The van der Waals surface area contributed by atoms with E-state index in [1.165, 1.54) is 0 Å². The van der Waals surface area contributed by atoms with E-state index in [1.54, 1.807) is 18.2 Å². The van der Waals surface area contributed by atoms with E-state index in [1.807, 2.05) is 44.2 Å². The van der Waals surface area contributed by atoms with Gasteiger partial charge in [-0.1, -0.05) is 54.9 Å². The molecule has 0 unspecified atom stereocenters. The maximum absolute atomic E-state index is 12.0. The molecule has 0 saturated carbocycles. The largest absolute Gasteiger partial charge is 0.326 e. The van der Waals surface area contributed by atoms with Crippen LogP contribution in [0.1, 0.15) is 37.3 Å². The third-order valence-corrected chi connectivity index (χ3v) is 4.29. The second-order valence-corrected chi connectivity index (χ2v) is 6.18. The van der Waals surface area contributed by atoms with Crippen molar-refractivity contribution in [2.24, 2.45) is 5.10 Å². The Morgan fingerprint density at radius 2 is 1.69 bits per heavy atom. The molecule has 2 amide bonds. The molecule has 0 bridgehead atoms. The molecular weight excluding hydrogens is 350 g/mol. The molecule has 26 heavy (non-hydrogen) atoms. The number of benzene rings is 2. The van der Waals surface area contributed by atoms with Crippen LogP contribution in [0, 0.1) is 6.92 Å². The lowest BCUT2D eigenvalue weighted by atomic mass is 10.1. The normalized spacial score (nSPS) is 11.1. The van der Waals surface area contributed by atoms with Gasteiger partial charge in [-0.05, 0) is 36.6 Å². The molecule has 2 rings (SSSR count). The lowest BCUT2D eigenvalue weighted by molar-refractivity contribution is -0.124. The minimum atomic E-state index is -0.301. The van der Waals surface area contributed by atoms with Gasteiger partial charge in [0.1, 0.15) is 0 Å². The van der Waals surface area contributed by atoms with Crippen molar-refractivity contribution >= 4 is 34.8 Å². The first-order valence-electron chi connectivity index (χ1n) is 8.47. The summed E-state index contributed by atoms with van der Waals surface area (Å²) in [5.41, 5.74) is 5.72. The van der Waals surface area contributed by atoms with Gasteiger partial charge < -0.3 is 5.32 Å². The third kappa shape index (κ3) is 5.70. The maximum atomic E-state index is 12.0. The number of rotatable bonds is 7. The summed E-state index contributed by atoms with van der Waals surface area (Å²) in [4.78, 5) is 24.0. The van der Waals surface area contributed by atoms with Gasteiger partial charge in [-0.2, -0.15) is 5.10 Å². The summed E-state index contributed by atoms with van der Waals surface area (Å²) in [6.45, 7) is 3.80. The van der Waals surface area contributed by atoms with Gasteiger partial charge in [-0.15, -0.1) is 0 Å². The quantitative estimate of drug-likeness (QED) is 0.562. The average molecular weight is 372 g/mol. The summed E-state index contributed by atoms with van der Waals surface area (Å²) in [6.07, 6.45) is 0.819. The fraction of sp³-hybridized carbons (Fsp3) is 0.250. The highest BCUT2D eigenvalue weighted by molar-refractivity contribution is 6.31. The second-order valence-electron chi connectivity index (χ2n) is 5.77. The SMILES string of the molecule is CC/C(=N\NC(=O)CCC(=O)Nc1cccc(Cl)c1C)c1ccccc1. The zero-order valence-corrected chi connectivity index (χ0v) is 15.6. The molecule has 0 aliphatic heterocycles. The number of hydrazone groups is 1. The lowest BCUT2D eigenvalue weighted by Gasteiger charge is -2.09. The number of hydrogen-bond donors (Lipinski definition) is 2. The number of halogens is 1. The molecule has 0 radical (unpaired) electrons. The Labute approximate surface area is 158 Å². The molecule has 0 saturated heterocycles. The molecule has 136 valence electrons. The Morgan fingerprint density at radius 1 is 1.00 bits per heavy atom. The van der Waals surface area contributed by atoms with E-state index in [4.69, 9.17) is 11.6 Å². The molecule has 0 aliphatic rings. The number of amides is 2. The molecule has 2 aromatic rings. The van der Waals surface area contributed by atoms with Gasteiger partial charge in [0.25, 0.3) is 0 Å². The maximum Gasteiger partial charge on any atom is 0.240 e. The van der Waals surface area contributed by atoms with Gasteiger partial charge in [0.15, 0.2) is 0 Å². The Bertz CT molecular complexity index is 804. The van der Waals surface area contributed by atoms with E-state index in [0.717, 1.165) is 16.8 Å². The van der Waals surface area contributed by atoms with Crippen LogP contribution in [0.3, 0.4) is 0 Å². The highest BCUT2D eigenvalue weighted by Gasteiger charge is 2.10. The Morgan fingerprint density at radius 3 is 2.38 bits per heavy atom. The van der Waals surface area contributed by atoms with Crippen LogP contribution in [-0.2, 0) is 9.59 Å². The number of hydrogen-bond acceptors (Lipinski definition) is 3. The number of nitrogens with zero attached hydrogens (tertiary/aromatic N) is 1. The summed E-state index contributed by atoms with van der Waals surface area (Å²) in [7, 11) is 0.